The van der Waals surface area contributed by atoms with E-state index in [9.17, 15) is 28.1 Å². The van der Waals surface area contributed by atoms with Crippen molar-refractivity contribution in [3.05, 3.63) is 58.6 Å². The summed E-state index contributed by atoms with van der Waals surface area (Å²) in [4.78, 5) is 21.1. The molecule has 0 aromatic heterocycles. The van der Waals surface area contributed by atoms with Crippen molar-refractivity contribution in [2.24, 2.45) is 0 Å². The highest BCUT2D eigenvalue weighted by molar-refractivity contribution is 5.95. The molecule has 0 saturated carbocycles. The Kier molecular flexibility index (Phi) is 4.11. The van der Waals surface area contributed by atoms with Gasteiger partial charge in [-0.2, -0.15) is 13.2 Å². The van der Waals surface area contributed by atoms with E-state index in [4.69, 9.17) is 0 Å². The maximum Gasteiger partial charge on any atom is 0.471 e. The van der Waals surface area contributed by atoms with Crippen LogP contribution in [0.3, 0.4) is 0 Å². The fourth-order valence-electron chi connectivity index (χ4n) is 1.78. The maximum atomic E-state index is 12.2. The average molecular weight is 310 g/mol. The van der Waals surface area contributed by atoms with Crippen molar-refractivity contribution in [3.63, 3.8) is 0 Å². The Hall–Kier alpha value is -2.90. The molecule has 2 rings (SSSR count). The molecule has 2 aromatic rings. The number of benzene rings is 2. The number of rotatable bonds is 3. The third-order valence-corrected chi connectivity index (χ3v) is 2.77. The summed E-state index contributed by atoms with van der Waals surface area (Å²) in [6.45, 7) is 0. The van der Waals surface area contributed by atoms with Gasteiger partial charge in [0.2, 0.25) is 0 Å². The van der Waals surface area contributed by atoms with Gasteiger partial charge in [-0.05, 0) is 23.3 Å². The third kappa shape index (κ3) is 3.60. The number of nitro benzene ring substituents is 1. The van der Waals surface area contributed by atoms with Crippen LogP contribution in [0.5, 0.6) is 0 Å². The Morgan fingerprint density at radius 2 is 1.64 bits per heavy atom. The van der Waals surface area contributed by atoms with E-state index in [0.717, 1.165) is 0 Å². The number of carbonyl (C=O) groups excluding carboxylic acids is 1. The van der Waals surface area contributed by atoms with Gasteiger partial charge in [0, 0.05) is 17.8 Å². The first kappa shape index (κ1) is 15.5. The summed E-state index contributed by atoms with van der Waals surface area (Å²) in [6.07, 6.45) is -4.98. The van der Waals surface area contributed by atoms with E-state index < -0.39 is 17.0 Å². The van der Waals surface area contributed by atoms with Crippen LogP contribution >= 0.6 is 0 Å². The average Bonchev–Trinajstić information content (AvgIpc) is 2.46. The number of hydrogen-bond acceptors (Lipinski definition) is 3. The maximum absolute atomic E-state index is 12.2. The molecular formula is C14H9F3N2O3. The summed E-state index contributed by atoms with van der Waals surface area (Å²) < 4.78 is 36.6. The predicted octanol–water partition coefficient (Wildman–Crippen LogP) is 3.76. The Labute approximate surface area is 122 Å². The second-order valence-electron chi connectivity index (χ2n) is 4.34. The summed E-state index contributed by atoms with van der Waals surface area (Å²) in [7, 11) is 0. The van der Waals surface area contributed by atoms with Gasteiger partial charge in [0.1, 0.15) is 0 Å². The first-order chi connectivity index (χ1) is 10.3. The molecule has 8 heteroatoms. The molecule has 0 fully saturated rings. The van der Waals surface area contributed by atoms with Gasteiger partial charge in [0.25, 0.3) is 5.69 Å². The number of hydrogen-bond donors (Lipinski definition) is 1. The molecule has 0 aliphatic rings. The van der Waals surface area contributed by atoms with E-state index in [0.29, 0.717) is 11.1 Å². The van der Waals surface area contributed by atoms with Crippen LogP contribution in [0.4, 0.5) is 24.5 Å². The summed E-state index contributed by atoms with van der Waals surface area (Å²) in [5.74, 6) is -2.08. The molecule has 0 aliphatic heterocycles. The standard InChI is InChI=1S/C14H9F3N2O3/c15-14(16,17)13(20)18-11-5-1-3-9(7-11)10-4-2-6-12(8-10)19(21)22/h1-8H,(H,18,20). The lowest BCUT2D eigenvalue weighted by atomic mass is 10.0. The zero-order chi connectivity index (χ0) is 16.3. The number of carbonyl (C=O) groups is 1. The summed E-state index contributed by atoms with van der Waals surface area (Å²) in [5, 5.41) is 12.5. The number of alkyl halides is 3. The first-order valence-corrected chi connectivity index (χ1v) is 6.00. The molecule has 5 nitrogen and oxygen atoms in total. The van der Waals surface area contributed by atoms with Crippen molar-refractivity contribution in [2.45, 2.75) is 6.18 Å². The number of nitrogens with zero attached hydrogens (tertiary/aromatic N) is 1. The van der Waals surface area contributed by atoms with Gasteiger partial charge in [-0.15, -0.1) is 0 Å². The largest absolute Gasteiger partial charge is 0.471 e. The topological polar surface area (TPSA) is 72.2 Å². The molecule has 0 radical (unpaired) electrons. The van der Waals surface area contributed by atoms with Gasteiger partial charge in [0.05, 0.1) is 4.92 Å². The van der Waals surface area contributed by atoms with Crippen LogP contribution in [0.25, 0.3) is 11.1 Å². The lowest BCUT2D eigenvalue weighted by Gasteiger charge is -2.09. The molecule has 0 bridgehead atoms. The molecule has 0 unspecified atom stereocenters. The van der Waals surface area contributed by atoms with Crippen LogP contribution < -0.4 is 5.32 Å². The molecule has 22 heavy (non-hydrogen) atoms. The fraction of sp³-hybridized carbons (Fsp3) is 0.0714. The highest BCUT2D eigenvalue weighted by atomic mass is 19.4. The molecule has 0 saturated heterocycles. The monoisotopic (exact) mass is 310 g/mol. The number of nitrogens with one attached hydrogen (secondary N) is 1. The minimum absolute atomic E-state index is 0.0497. The Morgan fingerprint density at radius 1 is 1.05 bits per heavy atom. The van der Waals surface area contributed by atoms with Crippen molar-refractivity contribution >= 4 is 17.3 Å². The quantitative estimate of drug-likeness (QED) is 0.693. The van der Waals surface area contributed by atoms with Crippen molar-refractivity contribution in [1.29, 1.82) is 0 Å². The molecule has 114 valence electrons. The highest BCUT2D eigenvalue weighted by Gasteiger charge is 2.38. The van der Waals surface area contributed by atoms with Gasteiger partial charge >= 0.3 is 12.1 Å². The smallest absolute Gasteiger partial charge is 0.318 e. The van der Waals surface area contributed by atoms with Gasteiger partial charge in [-0.3, -0.25) is 14.9 Å². The van der Waals surface area contributed by atoms with Crippen LogP contribution in [0, 0.1) is 10.1 Å². The Balaban J connectivity index is 2.31. The van der Waals surface area contributed by atoms with Crippen LogP contribution in [-0.4, -0.2) is 17.0 Å². The van der Waals surface area contributed by atoms with Crippen molar-refractivity contribution in [1.82, 2.24) is 0 Å². The van der Waals surface area contributed by atoms with E-state index >= 15 is 0 Å². The molecule has 0 atom stereocenters. The van der Waals surface area contributed by atoms with Crippen LogP contribution in [-0.2, 0) is 4.79 Å². The number of amides is 1. The minimum Gasteiger partial charge on any atom is -0.318 e. The van der Waals surface area contributed by atoms with Gasteiger partial charge in [0.15, 0.2) is 0 Å². The highest BCUT2D eigenvalue weighted by Crippen LogP contribution is 2.26. The Morgan fingerprint density at radius 3 is 2.23 bits per heavy atom. The summed E-state index contributed by atoms with van der Waals surface area (Å²) in [5.41, 5.74) is 0.717. The minimum atomic E-state index is -4.98. The number of halogens is 3. The second kappa shape index (κ2) is 5.84. The lowest BCUT2D eigenvalue weighted by molar-refractivity contribution is -0.384. The zero-order valence-electron chi connectivity index (χ0n) is 10.9. The molecule has 0 spiro atoms. The molecule has 1 N–H and O–H groups in total. The van der Waals surface area contributed by atoms with E-state index in [-0.39, 0.29) is 11.4 Å². The summed E-state index contributed by atoms with van der Waals surface area (Å²) >= 11 is 0. The number of non-ortho nitro benzene ring substituents is 1. The normalized spacial score (nSPS) is 11.0. The van der Waals surface area contributed by atoms with Gasteiger partial charge < -0.3 is 5.32 Å². The summed E-state index contributed by atoms with van der Waals surface area (Å²) in [6, 6.07) is 11.3. The third-order valence-electron chi connectivity index (χ3n) is 2.77. The van der Waals surface area contributed by atoms with Crippen molar-refractivity contribution < 1.29 is 22.9 Å². The van der Waals surface area contributed by atoms with E-state index in [1.165, 1.54) is 36.4 Å². The van der Waals surface area contributed by atoms with Crippen molar-refractivity contribution in [2.75, 3.05) is 5.32 Å². The van der Waals surface area contributed by atoms with E-state index in [1.54, 1.807) is 17.4 Å². The fourth-order valence-corrected chi connectivity index (χ4v) is 1.78. The molecule has 0 aliphatic carbocycles. The molecule has 1 amide bonds. The molecule has 0 heterocycles. The number of nitro groups is 1. The van der Waals surface area contributed by atoms with Crippen LogP contribution in [0.2, 0.25) is 0 Å². The first-order valence-electron chi connectivity index (χ1n) is 6.00. The van der Waals surface area contributed by atoms with Gasteiger partial charge in [-0.1, -0.05) is 24.3 Å². The Bertz CT molecular complexity index is 729. The number of anilines is 1. The zero-order valence-corrected chi connectivity index (χ0v) is 10.9. The predicted molar refractivity (Wildman–Crippen MR) is 73.2 cm³/mol. The van der Waals surface area contributed by atoms with Gasteiger partial charge in [-0.25, -0.2) is 0 Å². The van der Waals surface area contributed by atoms with Crippen LogP contribution in [0.1, 0.15) is 0 Å². The lowest BCUT2D eigenvalue weighted by Crippen LogP contribution is -2.29. The second-order valence-corrected chi connectivity index (χ2v) is 4.34. The van der Waals surface area contributed by atoms with Crippen molar-refractivity contribution in [3.8, 4) is 11.1 Å². The molecule has 2 aromatic carbocycles. The molecular weight excluding hydrogens is 301 g/mol. The van der Waals surface area contributed by atoms with E-state index in [1.807, 2.05) is 0 Å². The van der Waals surface area contributed by atoms with Crippen LogP contribution in [0.15, 0.2) is 48.5 Å². The van der Waals surface area contributed by atoms with E-state index in [2.05, 4.69) is 0 Å². The SMILES string of the molecule is O=C(Nc1cccc(-c2cccc([N+](=O)[O-])c2)c1)C(F)(F)F.